The third-order valence-corrected chi connectivity index (χ3v) is 8.05. The lowest BCUT2D eigenvalue weighted by Crippen LogP contribution is -2.44. The number of likely N-dealkylation sites (tertiary alicyclic amines) is 2. The Kier molecular flexibility index (Phi) is 6.90. The van der Waals surface area contributed by atoms with E-state index in [0.717, 1.165) is 75.3 Å². The number of ether oxygens (including phenoxy) is 2. The predicted molar refractivity (Wildman–Crippen MR) is 133 cm³/mol. The van der Waals surface area contributed by atoms with Crippen LogP contribution in [-0.4, -0.2) is 61.0 Å². The van der Waals surface area contributed by atoms with Crippen molar-refractivity contribution in [3.63, 3.8) is 0 Å². The number of thiophene rings is 1. The zero-order chi connectivity index (χ0) is 23.4. The molecule has 0 aliphatic carbocycles. The number of fused-ring (bicyclic) bond motifs is 1. The molecule has 0 atom stereocenters. The highest BCUT2D eigenvalue weighted by Gasteiger charge is 2.42. The first-order chi connectivity index (χ1) is 16.6. The summed E-state index contributed by atoms with van der Waals surface area (Å²) in [7, 11) is 0. The molecule has 0 saturated carbocycles. The molecular formula is C27H32N2O4S. The summed E-state index contributed by atoms with van der Waals surface area (Å²) in [5.74, 6) is 1.96. The first-order valence-corrected chi connectivity index (χ1v) is 13.2. The Morgan fingerprint density at radius 2 is 1.76 bits per heavy atom. The molecule has 2 fully saturated rings. The molecule has 3 aliphatic heterocycles. The van der Waals surface area contributed by atoms with E-state index in [9.17, 15) is 9.59 Å². The van der Waals surface area contributed by atoms with Gasteiger partial charge in [-0.2, -0.15) is 11.3 Å². The highest BCUT2D eigenvalue weighted by Crippen LogP contribution is 2.40. The smallest absolute Gasteiger partial charge is 0.246 e. The number of benzene rings is 1. The second-order valence-electron chi connectivity index (χ2n) is 9.61. The number of amides is 2. The number of carbonyl (C=O) groups excluding carboxylic acids is 2. The molecule has 1 spiro atoms. The largest absolute Gasteiger partial charge is 0.486 e. The molecule has 0 unspecified atom stereocenters. The van der Waals surface area contributed by atoms with Crippen molar-refractivity contribution in [1.82, 2.24) is 9.80 Å². The highest BCUT2D eigenvalue weighted by molar-refractivity contribution is 7.08. The van der Waals surface area contributed by atoms with Gasteiger partial charge in [0.1, 0.15) is 13.2 Å². The van der Waals surface area contributed by atoms with E-state index in [0.29, 0.717) is 19.6 Å². The van der Waals surface area contributed by atoms with Gasteiger partial charge in [0.25, 0.3) is 0 Å². The van der Waals surface area contributed by atoms with Gasteiger partial charge in [0.05, 0.1) is 0 Å². The Morgan fingerprint density at radius 1 is 1.00 bits per heavy atom. The number of hydrogen-bond donors (Lipinski definition) is 0. The van der Waals surface area contributed by atoms with Crippen LogP contribution in [0.5, 0.6) is 11.5 Å². The molecule has 3 aliphatic rings. The Labute approximate surface area is 205 Å². The quantitative estimate of drug-likeness (QED) is 0.575. The average molecular weight is 481 g/mol. The van der Waals surface area contributed by atoms with E-state index < -0.39 is 0 Å². The predicted octanol–water partition coefficient (Wildman–Crippen LogP) is 4.40. The van der Waals surface area contributed by atoms with E-state index in [4.69, 9.17) is 9.47 Å². The monoisotopic (exact) mass is 480 g/mol. The van der Waals surface area contributed by atoms with Crippen molar-refractivity contribution in [2.45, 2.75) is 38.5 Å². The van der Waals surface area contributed by atoms with Crippen molar-refractivity contribution < 1.29 is 19.1 Å². The van der Waals surface area contributed by atoms with Gasteiger partial charge in [-0.3, -0.25) is 9.59 Å². The Balaban J connectivity index is 1.06. The Bertz CT molecular complexity index is 1040. The highest BCUT2D eigenvalue weighted by atomic mass is 32.1. The fraction of sp³-hybridized carbons (Fsp3) is 0.481. The van der Waals surface area contributed by atoms with Gasteiger partial charge < -0.3 is 19.3 Å². The van der Waals surface area contributed by atoms with Gasteiger partial charge in [0.2, 0.25) is 11.8 Å². The molecule has 2 saturated heterocycles. The zero-order valence-electron chi connectivity index (χ0n) is 19.5. The minimum absolute atomic E-state index is 0.0890. The van der Waals surface area contributed by atoms with E-state index in [1.54, 1.807) is 17.4 Å². The Morgan fingerprint density at radius 3 is 2.53 bits per heavy atom. The SMILES string of the molecule is O=C(/C=C/c1ccsc1)N1CCC2(CC1)CCN(C(=O)CCCc1ccc3c(c1)OCCO3)C2. The summed E-state index contributed by atoms with van der Waals surface area (Å²) in [5, 5.41) is 4.05. The summed E-state index contributed by atoms with van der Waals surface area (Å²) in [6, 6.07) is 8.08. The fourth-order valence-corrected chi connectivity index (χ4v) is 5.87. The lowest BCUT2D eigenvalue weighted by Gasteiger charge is -2.39. The molecule has 4 heterocycles. The van der Waals surface area contributed by atoms with E-state index in [1.165, 1.54) is 5.56 Å². The standard InChI is InChI=1S/C27H32N2O4S/c30-25(3-1-2-21-4-6-23-24(18-21)33-16-15-32-23)29-14-11-27(20-29)9-12-28(13-10-27)26(31)7-5-22-8-17-34-19-22/h4-8,17-19H,1-3,9-16,20H2/b7-5+. The summed E-state index contributed by atoms with van der Waals surface area (Å²) < 4.78 is 11.2. The number of rotatable bonds is 6. The van der Waals surface area contributed by atoms with Crippen LogP contribution in [0.3, 0.4) is 0 Å². The fourth-order valence-electron chi connectivity index (χ4n) is 5.25. The Hall–Kier alpha value is -2.80. The summed E-state index contributed by atoms with van der Waals surface area (Å²) in [6.07, 6.45) is 8.85. The summed E-state index contributed by atoms with van der Waals surface area (Å²) in [6.45, 7) is 4.41. The molecule has 0 N–H and O–H groups in total. The minimum atomic E-state index is 0.0890. The van der Waals surface area contributed by atoms with E-state index >= 15 is 0 Å². The second-order valence-corrected chi connectivity index (χ2v) is 10.4. The molecule has 1 aromatic heterocycles. The van der Waals surface area contributed by atoms with Crippen molar-refractivity contribution >= 4 is 29.2 Å². The van der Waals surface area contributed by atoms with Crippen LogP contribution in [0, 0.1) is 5.41 Å². The molecule has 5 rings (SSSR count). The van der Waals surface area contributed by atoms with Gasteiger partial charge in [0, 0.05) is 38.7 Å². The molecule has 7 heteroatoms. The van der Waals surface area contributed by atoms with Crippen molar-refractivity contribution in [1.29, 1.82) is 0 Å². The van der Waals surface area contributed by atoms with Gasteiger partial charge >= 0.3 is 0 Å². The molecule has 6 nitrogen and oxygen atoms in total. The molecule has 2 aromatic rings. The normalized spacial score (nSPS) is 19.2. The van der Waals surface area contributed by atoms with E-state index in [1.807, 2.05) is 39.9 Å². The van der Waals surface area contributed by atoms with Crippen LogP contribution < -0.4 is 9.47 Å². The van der Waals surface area contributed by atoms with Crippen molar-refractivity contribution in [2.75, 3.05) is 39.4 Å². The maximum atomic E-state index is 12.9. The zero-order valence-corrected chi connectivity index (χ0v) is 20.4. The van der Waals surface area contributed by atoms with Crippen LogP contribution in [0.1, 0.15) is 43.2 Å². The van der Waals surface area contributed by atoms with Crippen LogP contribution >= 0.6 is 11.3 Å². The van der Waals surface area contributed by atoms with Crippen molar-refractivity contribution in [3.8, 4) is 11.5 Å². The number of aryl methyl sites for hydroxylation is 1. The van der Waals surface area contributed by atoms with Gasteiger partial charge in [-0.1, -0.05) is 6.07 Å². The molecule has 0 radical (unpaired) electrons. The first kappa shape index (κ1) is 23.0. The van der Waals surface area contributed by atoms with E-state index in [-0.39, 0.29) is 17.2 Å². The van der Waals surface area contributed by atoms with Crippen LogP contribution in [0.25, 0.3) is 6.08 Å². The third-order valence-electron chi connectivity index (χ3n) is 7.35. The van der Waals surface area contributed by atoms with Gasteiger partial charge in [-0.25, -0.2) is 0 Å². The van der Waals surface area contributed by atoms with E-state index in [2.05, 4.69) is 11.0 Å². The maximum absolute atomic E-state index is 12.9. The molecular weight excluding hydrogens is 448 g/mol. The van der Waals surface area contributed by atoms with Crippen LogP contribution in [-0.2, 0) is 16.0 Å². The lowest BCUT2D eigenvalue weighted by molar-refractivity contribution is -0.132. The van der Waals surface area contributed by atoms with Crippen LogP contribution in [0.4, 0.5) is 0 Å². The number of carbonyl (C=O) groups is 2. The third kappa shape index (κ3) is 5.30. The lowest BCUT2D eigenvalue weighted by atomic mass is 9.78. The van der Waals surface area contributed by atoms with Gasteiger partial charge in [0.15, 0.2) is 11.5 Å². The number of hydrogen-bond acceptors (Lipinski definition) is 5. The molecule has 34 heavy (non-hydrogen) atoms. The molecule has 1 aromatic carbocycles. The van der Waals surface area contributed by atoms with Crippen LogP contribution in [0.15, 0.2) is 41.1 Å². The van der Waals surface area contributed by atoms with Crippen LogP contribution in [0.2, 0.25) is 0 Å². The number of piperidine rings is 1. The topological polar surface area (TPSA) is 59.1 Å². The number of nitrogens with zero attached hydrogens (tertiary/aromatic N) is 2. The summed E-state index contributed by atoms with van der Waals surface area (Å²) in [4.78, 5) is 29.4. The van der Waals surface area contributed by atoms with Crippen molar-refractivity contribution in [2.24, 2.45) is 5.41 Å². The maximum Gasteiger partial charge on any atom is 0.246 e. The summed E-state index contributed by atoms with van der Waals surface area (Å²) >= 11 is 1.63. The summed E-state index contributed by atoms with van der Waals surface area (Å²) in [5.41, 5.74) is 2.44. The van der Waals surface area contributed by atoms with Crippen molar-refractivity contribution in [3.05, 3.63) is 52.2 Å². The van der Waals surface area contributed by atoms with Gasteiger partial charge in [-0.15, -0.1) is 0 Å². The second kappa shape index (κ2) is 10.2. The minimum Gasteiger partial charge on any atom is -0.486 e. The average Bonchev–Trinajstić information content (AvgIpc) is 3.53. The first-order valence-electron chi connectivity index (χ1n) is 12.3. The molecule has 180 valence electrons. The molecule has 2 amide bonds. The van der Waals surface area contributed by atoms with Gasteiger partial charge in [-0.05, 0) is 83.7 Å². The molecule has 0 bridgehead atoms.